The number of carbonyl (C=O) groups is 1. The average Bonchev–Trinajstić information content (AvgIpc) is 3.09. The van der Waals surface area contributed by atoms with E-state index in [-0.39, 0.29) is 11.8 Å². The van der Waals surface area contributed by atoms with Gasteiger partial charge in [-0.15, -0.1) is 0 Å². The molecule has 1 saturated heterocycles. The van der Waals surface area contributed by atoms with E-state index in [0.717, 1.165) is 12.8 Å². The summed E-state index contributed by atoms with van der Waals surface area (Å²) in [5.74, 6) is 0.455. The molecule has 0 radical (unpaired) electrons. The van der Waals surface area contributed by atoms with Crippen LogP contribution in [0.5, 0.6) is 0 Å². The van der Waals surface area contributed by atoms with Crippen LogP contribution in [0, 0.1) is 0 Å². The Labute approximate surface area is 166 Å². The van der Waals surface area contributed by atoms with Crippen LogP contribution in [-0.2, 0) is 23.0 Å². The molecule has 146 valence electrons. The van der Waals surface area contributed by atoms with Gasteiger partial charge in [-0.05, 0) is 36.0 Å². The van der Waals surface area contributed by atoms with Gasteiger partial charge in [-0.25, -0.2) is 0 Å². The number of carbonyl (C=O) groups excluding carboxylic acids is 1. The number of aryl methyl sites for hydroxylation is 2. The number of ether oxygens (including phenoxy) is 1. The van der Waals surface area contributed by atoms with Gasteiger partial charge in [0.2, 0.25) is 5.91 Å². The number of aromatic nitrogens is 1. The molecule has 0 N–H and O–H groups in total. The zero-order valence-corrected chi connectivity index (χ0v) is 16.5. The predicted octanol–water partition coefficient (Wildman–Crippen LogP) is 4.14. The fraction of sp³-hybridized carbons (Fsp3) is 0.375. The van der Waals surface area contributed by atoms with E-state index in [1.165, 1.54) is 22.0 Å². The van der Waals surface area contributed by atoms with Crippen molar-refractivity contribution in [3.8, 4) is 0 Å². The van der Waals surface area contributed by atoms with Crippen LogP contribution in [0.25, 0.3) is 10.9 Å². The molecule has 4 heteroatoms. The summed E-state index contributed by atoms with van der Waals surface area (Å²) in [5, 5.41) is 1.26. The molecule has 0 saturated carbocycles. The molecular formula is C24H28N2O2. The summed E-state index contributed by atoms with van der Waals surface area (Å²) < 4.78 is 7.59. The Bertz CT molecular complexity index is 926. The maximum atomic E-state index is 13.0. The van der Waals surface area contributed by atoms with Crippen molar-refractivity contribution in [1.29, 1.82) is 0 Å². The molecule has 0 aliphatic carbocycles. The van der Waals surface area contributed by atoms with Gasteiger partial charge in [-0.1, -0.05) is 48.5 Å². The lowest BCUT2D eigenvalue weighted by molar-refractivity contribution is -0.135. The van der Waals surface area contributed by atoms with Crippen LogP contribution in [0.3, 0.4) is 0 Å². The van der Waals surface area contributed by atoms with Crippen molar-refractivity contribution < 1.29 is 9.53 Å². The second kappa shape index (κ2) is 8.61. The van der Waals surface area contributed by atoms with Gasteiger partial charge in [0, 0.05) is 43.7 Å². The molecule has 0 bridgehead atoms. The van der Waals surface area contributed by atoms with Gasteiger partial charge in [-0.2, -0.15) is 0 Å². The number of morpholine rings is 1. The van der Waals surface area contributed by atoms with Gasteiger partial charge in [0.15, 0.2) is 0 Å². The molecule has 1 aromatic heterocycles. The summed E-state index contributed by atoms with van der Waals surface area (Å²) in [4.78, 5) is 15.0. The third-order valence-electron chi connectivity index (χ3n) is 5.78. The minimum Gasteiger partial charge on any atom is -0.378 e. The Morgan fingerprint density at radius 2 is 1.75 bits per heavy atom. The van der Waals surface area contributed by atoms with E-state index in [9.17, 15) is 4.79 Å². The molecule has 2 aromatic carbocycles. The van der Waals surface area contributed by atoms with Gasteiger partial charge in [-0.3, -0.25) is 4.79 Å². The number of hydrogen-bond donors (Lipinski definition) is 0. The first kappa shape index (κ1) is 18.8. The number of rotatable bonds is 6. The summed E-state index contributed by atoms with van der Waals surface area (Å²) in [7, 11) is 2.09. The van der Waals surface area contributed by atoms with Crippen LogP contribution in [0.1, 0.15) is 29.9 Å². The molecule has 0 unspecified atom stereocenters. The van der Waals surface area contributed by atoms with E-state index in [1.54, 1.807) is 0 Å². The highest BCUT2D eigenvalue weighted by atomic mass is 16.5. The maximum absolute atomic E-state index is 13.0. The summed E-state index contributed by atoms with van der Waals surface area (Å²) in [5.41, 5.74) is 3.84. The first-order chi connectivity index (χ1) is 13.7. The minimum atomic E-state index is 0.210. The number of nitrogens with zero attached hydrogens (tertiary/aromatic N) is 2. The number of benzene rings is 2. The van der Waals surface area contributed by atoms with Crippen molar-refractivity contribution in [1.82, 2.24) is 9.47 Å². The van der Waals surface area contributed by atoms with Gasteiger partial charge in [0.25, 0.3) is 0 Å². The third-order valence-corrected chi connectivity index (χ3v) is 5.78. The number of hydrogen-bond acceptors (Lipinski definition) is 2. The Hall–Kier alpha value is -2.59. The number of fused-ring (bicyclic) bond motifs is 1. The van der Waals surface area contributed by atoms with Crippen molar-refractivity contribution >= 4 is 16.8 Å². The highest BCUT2D eigenvalue weighted by Crippen LogP contribution is 2.33. The Morgan fingerprint density at radius 1 is 1.04 bits per heavy atom. The molecule has 2 heterocycles. The standard InChI is InChI=1S/C24H28N2O2/c1-25-18-22(21-9-5-6-10-23(21)25)20(12-11-19-7-3-2-4-8-19)17-24(27)26-13-15-28-16-14-26/h2-10,18,20H,11-17H2,1H3/t20-/m0/s1. The van der Waals surface area contributed by atoms with Gasteiger partial charge in [0.05, 0.1) is 13.2 Å². The van der Waals surface area contributed by atoms with Crippen molar-refractivity contribution in [2.45, 2.75) is 25.2 Å². The molecule has 1 aliphatic rings. The number of amides is 1. The van der Waals surface area contributed by atoms with Crippen molar-refractivity contribution in [2.75, 3.05) is 26.3 Å². The van der Waals surface area contributed by atoms with E-state index in [4.69, 9.17) is 4.74 Å². The maximum Gasteiger partial charge on any atom is 0.223 e. The van der Waals surface area contributed by atoms with Gasteiger partial charge >= 0.3 is 0 Å². The second-order valence-electron chi connectivity index (χ2n) is 7.63. The molecule has 1 aliphatic heterocycles. The largest absolute Gasteiger partial charge is 0.378 e. The van der Waals surface area contributed by atoms with Crippen molar-refractivity contribution in [3.63, 3.8) is 0 Å². The van der Waals surface area contributed by atoms with Crippen molar-refractivity contribution in [2.24, 2.45) is 7.05 Å². The number of para-hydroxylation sites is 1. The third kappa shape index (κ3) is 4.12. The molecule has 1 amide bonds. The van der Waals surface area contributed by atoms with Gasteiger partial charge in [0.1, 0.15) is 0 Å². The molecule has 3 aromatic rings. The minimum absolute atomic E-state index is 0.210. The van der Waals surface area contributed by atoms with E-state index in [1.807, 2.05) is 11.0 Å². The fourth-order valence-corrected chi connectivity index (χ4v) is 4.20. The monoisotopic (exact) mass is 376 g/mol. The molecule has 28 heavy (non-hydrogen) atoms. The predicted molar refractivity (Wildman–Crippen MR) is 112 cm³/mol. The van der Waals surface area contributed by atoms with E-state index < -0.39 is 0 Å². The Balaban J connectivity index is 1.59. The molecule has 4 rings (SSSR count). The fourth-order valence-electron chi connectivity index (χ4n) is 4.20. The van der Waals surface area contributed by atoms with E-state index in [0.29, 0.717) is 32.7 Å². The summed E-state index contributed by atoms with van der Waals surface area (Å²) in [6.45, 7) is 2.71. The Morgan fingerprint density at radius 3 is 2.54 bits per heavy atom. The smallest absolute Gasteiger partial charge is 0.223 e. The zero-order chi connectivity index (χ0) is 19.3. The first-order valence-corrected chi connectivity index (χ1v) is 10.2. The zero-order valence-electron chi connectivity index (χ0n) is 16.5. The summed E-state index contributed by atoms with van der Waals surface area (Å²) in [6, 6.07) is 19.0. The first-order valence-electron chi connectivity index (χ1n) is 10.2. The van der Waals surface area contributed by atoms with Gasteiger partial charge < -0.3 is 14.2 Å². The molecule has 0 spiro atoms. The van der Waals surface area contributed by atoms with Crippen LogP contribution < -0.4 is 0 Å². The summed E-state index contributed by atoms with van der Waals surface area (Å²) in [6.07, 6.45) is 4.72. The lowest BCUT2D eigenvalue weighted by atomic mass is 9.89. The lowest BCUT2D eigenvalue weighted by Gasteiger charge is -2.28. The average molecular weight is 377 g/mol. The van der Waals surface area contributed by atoms with E-state index >= 15 is 0 Å². The van der Waals surface area contributed by atoms with E-state index in [2.05, 4.69) is 66.3 Å². The quantitative estimate of drug-likeness (QED) is 0.648. The summed E-state index contributed by atoms with van der Waals surface area (Å²) >= 11 is 0. The SMILES string of the molecule is Cn1cc([C@@H](CCc2ccccc2)CC(=O)N2CCOCC2)c2ccccc21. The molecule has 4 nitrogen and oxygen atoms in total. The second-order valence-corrected chi connectivity index (χ2v) is 7.63. The highest BCUT2D eigenvalue weighted by molar-refractivity contribution is 5.86. The molecule has 1 fully saturated rings. The van der Waals surface area contributed by atoms with Crippen molar-refractivity contribution in [3.05, 3.63) is 71.9 Å². The van der Waals surface area contributed by atoms with Crippen LogP contribution >= 0.6 is 0 Å². The topological polar surface area (TPSA) is 34.5 Å². The highest BCUT2D eigenvalue weighted by Gasteiger charge is 2.24. The van der Waals surface area contributed by atoms with Crippen LogP contribution in [0.2, 0.25) is 0 Å². The van der Waals surface area contributed by atoms with Crippen LogP contribution in [0.4, 0.5) is 0 Å². The van der Waals surface area contributed by atoms with Crippen LogP contribution in [-0.4, -0.2) is 41.7 Å². The molecular weight excluding hydrogens is 348 g/mol. The normalized spacial score (nSPS) is 15.7. The lowest BCUT2D eigenvalue weighted by Crippen LogP contribution is -2.41. The Kier molecular flexibility index (Phi) is 5.77. The molecule has 1 atom stereocenters. The van der Waals surface area contributed by atoms with Crippen LogP contribution in [0.15, 0.2) is 60.8 Å².